The Balaban J connectivity index is 3.22. The van der Waals surface area contributed by atoms with Crippen LogP contribution in [0, 0.1) is 6.92 Å². The van der Waals surface area contributed by atoms with E-state index in [1.165, 1.54) is 6.92 Å². The zero-order valence-electron chi connectivity index (χ0n) is 8.06. The Kier molecular flexibility index (Phi) is 3.27. The lowest BCUT2D eigenvalue weighted by atomic mass is 10.1. The average molecular weight is 196 g/mol. The van der Waals surface area contributed by atoms with Gasteiger partial charge in [0.15, 0.2) is 5.78 Å². The lowest BCUT2D eigenvalue weighted by molar-refractivity contribution is 0.0902. The van der Waals surface area contributed by atoms with Crippen LogP contribution in [0.25, 0.3) is 0 Å². The molecule has 0 saturated carbocycles. The highest BCUT2D eigenvalue weighted by molar-refractivity contribution is 5.93. The largest absolute Gasteiger partial charge is 0.393 e. The minimum atomic E-state index is -1.08. The predicted octanol–water partition coefficient (Wildman–Crippen LogP) is 0.0133. The maximum atomic E-state index is 11.1. The first-order valence-corrected chi connectivity index (χ1v) is 4.20. The highest BCUT2D eigenvalue weighted by Gasteiger charge is 2.16. The van der Waals surface area contributed by atoms with Crippen molar-refractivity contribution in [3.05, 3.63) is 23.0 Å². The number of aryl methyl sites for hydroxylation is 1. The quantitative estimate of drug-likeness (QED) is 0.665. The van der Waals surface area contributed by atoms with E-state index in [0.29, 0.717) is 11.3 Å². The van der Waals surface area contributed by atoms with E-state index in [4.69, 9.17) is 5.11 Å². The van der Waals surface area contributed by atoms with E-state index in [9.17, 15) is 9.90 Å². The zero-order valence-corrected chi connectivity index (χ0v) is 8.06. The Hall–Kier alpha value is -1.33. The van der Waals surface area contributed by atoms with Crippen LogP contribution in [0.5, 0.6) is 0 Å². The Morgan fingerprint density at radius 2 is 2.21 bits per heavy atom. The monoisotopic (exact) mass is 196 g/mol. The predicted molar refractivity (Wildman–Crippen MR) is 48.8 cm³/mol. The molecule has 1 unspecified atom stereocenters. The summed E-state index contributed by atoms with van der Waals surface area (Å²) >= 11 is 0. The van der Waals surface area contributed by atoms with Crippen LogP contribution in [0.15, 0.2) is 6.07 Å². The molecule has 0 fully saturated rings. The van der Waals surface area contributed by atoms with Crippen LogP contribution in [0.1, 0.15) is 34.8 Å². The molecule has 5 nitrogen and oxygen atoms in total. The van der Waals surface area contributed by atoms with E-state index in [1.807, 2.05) is 0 Å². The molecule has 0 aliphatic heterocycles. The molecular weight excluding hydrogens is 184 g/mol. The van der Waals surface area contributed by atoms with E-state index < -0.39 is 12.7 Å². The van der Waals surface area contributed by atoms with Crippen molar-refractivity contribution in [2.45, 2.75) is 20.0 Å². The van der Waals surface area contributed by atoms with Gasteiger partial charge in [0.1, 0.15) is 11.8 Å². The molecule has 1 rings (SSSR count). The number of rotatable bonds is 3. The van der Waals surface area contributed by atoms with Gasteiger partial charge in [-0.2, -0.15) is 5.10 Å². The van der Waals surface area contributed by atoms with Crippen LogP contribution in [-0.4, -0.2) is 32.8 Å². The fourth-order valence-corrected chi connectivity index (χ4v) is 1.13. The van der Waals surface area contributed by atoms with Gasteiger partial charge in [0.25, 0.3) is 0 Å². The number of aromatic nitrogens is 2. The standard InChI is InChI=1S/C9H12N2O3/c1-5-3-7(8(14)4-12)9(6(2)13)11-10-5/h3,8,12,14H,4H2,1-2H3. The van der Waals surface area contributed by atoms with Crippen molar-refractivity contribution < 1.29 is 15.0 Å². The van der Waals surface area contributed by atoms with Crippen molar-refractivity contribution in [1.82, 2.24) is 10.2 Å². The summed E-state index contributed by atoms with van der Waals surface area (Å²) in [4.78, 5) is 11.1. The average Bonchev–Trinajstić information content (AvgIpc) is 2.16. The molecule has 0 aliphatic rings. The van der Waals surface area contributed by atoms with Gasteiger partial charge in [-0.25, -0.2) is 0 Å². The van der Waals surface area contributed by atoms with Gasteiger partial charge >= 0.3 is 0 Å². The smallest absolute Gasteiger partial charge is 0.180 e. The van der Waals surface area contributed by atoms with E-state index in [-0.39, 0.29) is 11.5 Å². The van der Waals surface area contributed by atoms with Gasteiger partial charge < -0.3 is 10.2 Å². The molecule has 0 radical (unpaired) electrons. The molecule has 0 aromatic carbocycles. The number of carbonyl (C=O) groups is 1. The summed E-state index contributed by atoms with van der Waals surface area (Å²) < 4.78 is 0. The van der Waals surface area contributed by atoms with E-state index >= 15 is 0 Å². The number of carbonyl (C=O) groups excluding carboxylic acids is 1. The lowest BCUT2D eigenvalue weighted by Gasteiger charge is -2.10. The number of ketones is 1. The maximum absolute atomic E-state index is 11.1. The first-order valence-electron chi connectivity index (χ1n) is 4.20. The second kappa shape index (κ2) is 4.26. The minimum Gasteiger partial charge on any atom is -0.393 e. The lowest BCUT2D eigenvalue weighted by Crippen LogP contribution is -2.12. The molecule has 1 aromatic rings. The van der Waals surface area contributed by atoms with Crippen LogP contribution in [0.3, 0.4) is 0 Å². The maximum Gasteiger partial charge on any atom is 0.180 e. The molecule has 2 N–H and O–H groups in total. The number of hydrogen-bond acceptors (Lipinski definition) is 5. The zero-order chi connectivity index (χ0) is 10.7. The van der Waals surface area contributed by atoms with Crippen LogP contribution in [0.4, 0.5) is 0 Å². The van der Waals surface area contributed by atoms with Crippen molar-refractivity contribution in [3.63, 3.8) is 0 Å². The number of hydrogen-bond donors (Lipinski definition) is 2. The molecule has 0 aliphatic carbocycles. The van der Waals surface area contributed by atoms with Crippen LogP contribution in [0.2, 0.25) is 0 Å². The molecule has 0 saturated heterocycles. The fourth-order valence-electron chi connectivity index (χ4n) is 1.13. The fraction of sp³-hybridized carbons (Fsp3) is 0.444. The molecular formula is C9H12N2O3. The second-order valence-electron chi connectivity index (χ2n) is 3.04. The normalized spacial score (nSPS) is 12.6. The first-order chi connectivity index (χ1) is 6.56. The molecule has 14 heavy (non-hydrogen) atoms. The number of Topliss-reactive ketones (excluding diaryl/α,β-unsaturated/α-hetero) is 1. The summed E-state index contributed by atoms with van der Waals surface area (Å²) in [5.74, 6) is -0.278. The summed E-state index contributed by atoms with van der Waals surface area (Å²) in [6, 6.07) is 1.55. The highest BCUT2D eigenvalue weighted by Crippen LogP contribution is 2.16. The Labute approximate surface area is 81.4 Å². The SMILES string of the molecule is CC(=O)c1nnc(C)cc1C(O)CO. The summed E-state index contributed by atoms with van der Waals surface area (Å²) in [5.41, 5.74) is 1.03. The van der Waals surface area contributed by atoms with Crippen LogP contribution >= 0.6 is 0 Å². The number of nitrogens with zero attached hydrogens (tertiary/aromatic N) is 2. The van der Waals surface area contributed by atoms with E-state index in [1.54, 1.807) is 13.0 Å². The van der Waals surface area contributed by atoms with E-state index in [2.05, 4.69) is 10.2 Å². The molecule has 5 heteroatoms. The Morgan fingerprint density at radius 1 is 1.57 bits per heavy atom. The van der Waals surface area contributed by atoms with Gasteiger partial charge in [-0.3, -0.25) is 4.79 Å². The third kappa shape index (κ3) is 2.12. The number of aliphatic hydroxyl groups is 2. The van der Waals surface area contributed by atoms with Crippen molar-refractivity contribution in [2.75, 3.05) is 6.61 Å². The van der Waals surface area contributed by atoms with Gasteiger partial charge in [-0.15, -0.1) is 5.10 Å². The van der Waals surface area contributed by atoms with Crippen LogP contribution in [-0.2, 0) is 0 Å². The van der Waals surface area contributed by atoms with Gasteiger partial charge in [0, 0.05) is 12.5 Å². The Morgan fingerprint density at radius 3 is 2.71 bits per heavy atom. The van der Waals surface area contributed by atoms with Crippen LogP contribution < -0.4 is 0 Å². The molecule has 1 heterocycles. The van der Waals surface area contributed by atoms with Gasteiger partial charge in [-0.05, 0) is 13.0 Å². The molecule has 1 atom stereocenters. The van der Waals surface area contributed by atoms with Crippen molar-refractivity contribution >= 4 is 5.78 Å². The molecule has 76 valence electrons. The Bertz CT molecular complexity index is 352. The molecule has 0 spiro atoms. The van der Waals surface area contributed by atoms with E-state index in [0.717, 1.165) is 0 Å². The van der Waals surface area contributed by atoms with Gasteiger partial charge in [-0.1, -0.05) is 0 Å². The summed E-state index contributed by atoms with van der Waals surface area (Å²) in [6.45, 7) is 2.60. The van der Waals surface area contributed by atoms with Crippen molar-refractivity contribution in [3.8, 4) is 0 Å². The molecule has 1 aromatic heterocycles. The first kappa shape index (κ1) is 10.7. The molecule has 0 bridgehead atoms. The van der Waals surface area contributed by atoms with Gasteiger partial charge in [0.2, 0.25) is 0 Å². The summed E-state index contributed by atoms with van der Waals surface area (Å²) in [6.07, 6.45) is -1.08. The topological polar surface area (TPSA) is 83.3 Å². The van der Waals surface area contributed by atoms with Gasteiger partial charge in [0.05, 0.1) is 12.3 Å². The third-order valence-electron chi connectivity index (χ3n) is 1.81. The van der Waals surface area contributed by atoms with Crippen molar-refractivity contribution in [1.29, 1.82) is 0 Å². The third-order valence-corrected chi connectivity index (χ3v) is 1.81. The summed E-state index contributed by atoms with van der Waals surface area (Å²) in [7, 11) is 0. The second-order valence-corrected chi connectivity index (χ2v) is 3.04. The summed E-state index contributed by atoms with van der Waals surface area (Å²) in [5, 5.41) is 25.6. The molecule has 0 amide bonds. The highest BCUT2D eigenvalue weighted by atomic mass is 16.3. The van der Waals surface area contributed by atoms with Crippen molar-refractivity contribution in [2.24, 2.45) is 0 Å². The minimum absolute atomic E-state index is 0.108. The number of aliphatic hydroxyl groups excluding tert-OH is 2.